The molecule has 3 rings (SSSR count). The molecule has 1 aliphatic carbocycles. The minimum Gasteiger partial charge on any atom is -0.314 e. The van der Waals surface area contributed by atoms with Gasteiger partial charge in [-0.3, -0.25) is 9.58 Å². The minimum atomic E-state index is 0.343. The predicted octanol–water partition coefficient (Wildman–Crippen LogP) is 0.496. The third-order valence-corrected chi connectivity index (χ3v) is 4.24. The molecule has 2 fully saturated rings. The molecule has 0 aromatic carbocycles. The molecule has 1 aliphatic heterocycles. The molecule has 1 N–H and O–H groups in total. The second kappa shape index (κ2) is 4.74. The summed E-state index contributed by atoms with van der Waals surface area (Å²) in [6.07, 6.45) is 8.83. The monoisotopic (exact) mass is 235 g/mol. The summed E-state index contributed by atoms with van der Waals surface area (Å²) in [6.45, 7) is 5.61. The minimum absolute atomic E-state index is 0.343. The Morgan fingerprint density at radius 3 is 2.59 bits per heavy atom. The van der Waals surface area contributed by atoms with Gasteiger partial charge in [-0.05, 0) is 12.8 Å². The van der Waals surface area contributed by atoms with Crippen molar-refractivity contribution in [3.8, 4) is 0 Å². The molecule has 0 amide bonds. The van der Waals surface area contributed by atoms with Gasteiger partial charge in [0.2, 0.25) is 0 Å². The van der Waals surface area contributed by atoms with Crippen molar-refractivity contribution in [3.05, 3.63) is 12.7 Å². The van der Waals surface area contributed by atoms with Crippen molar-refractivity contribution in [2.24, 2.45) is 0 Å². The molecule has 5 heteroatoms. The lowest BCUT2D eigenvalue weighted by Gasteiger charge is -2.43. The van der Waals surface area contributed by atoms with Crippen LogP contribution >= 0.6 is 0 Å². The molecular formula is C12H21N5. The van der Waals surface area contributed by atoms with Crippen molar-refractivity contribution in [3.63, 3.8) is 0 Å². The van der Waals surface area contributed by atoms with Crippen LogP contribution in [0.25, 0.3) is 0 Å². The number of nitrogens with one attached hydrogen (secondary N) is 1. The Kier molecular flexibility index (Phi) is 3.11. The lowest BCUT2D eigenvalue weighted by molar-refractivity contribution is 0.0589. The molecule has 0 spiro atoms. The summed E-state index contributed by atoms with van der Waals surface area (Å²) < 4.78 is 2.01. The van der Waals surface area contributed by atoms with Gasteiger partial charge in [-0.2, -0.15) is 5.10 Å². The fourth-order valence-corrected chi connectivity index (χ4v) is 3.36. The van der Waals surface area contributed by atoms with E-state index < -0.39 is 0 Å². The molecule has 1 saturated carbocycles. The van der Waals surface area contributed by atoms with Crippen LogP contribution in [-0.2, 0) is 6.54 Å². The Morgan fingerprint density at radius 1 is 1.18 bits per heavy atom. The Bertz CT molecular complexity index is 336. The van der Waals surface area contributed by atoms with Crippen molar-refractivity contribution in [1.29, 1.82) is 0 Å². The van der Waals surface area contributed by atoms with Crippen molar-refractivity contribution in [2.45, 2.75) is 37.8 Å². The van der Waals surface area contributed by atoms with Gasteiger partial charge in [-0.25, -0.2) is 4.98 Å². The zero-order valence-electron chi connectivity index (χ0n) is 10.3. The van der Waals surface area contributed by atoms with E-state index in [4.69, 9.17) is 0 Å². The van der Waals surface area contributed by atoms with Crippen molar-refractivity contribution < 1.29 is 0 Å². The smallest absolute Gasteiger partial charge is 0.137 e. The highest BCUT2D eigenvalue weighted by molar-refractivity contribution is 4.96. The zero-order valence-corrected chi connectivity index (χ0v) is 10.3. The first-order chi connectivity index (χ1) is 8.39. The van der Waals surface area contributed by atoms with Crippen LogP contribution in [0.4, 0.5) is 0 Å². The molecule has 0 atom stereocenters. The maximum absolute atomic E-state index is 4.28. The molecule has 17 heavy (non-hydrogen) atoms. The molecule has 1 aromatic rings. The van der Waals surface area contributed by atoms with Gasteiger partial charge in [0.1, 0.15) is 12.7 Å². The van der Waals surface area contributed by atoms with E-state index in [0.29, 0.717) is 5.54 Å². The van der Waals surface area contributed by atoms with Gasteiger partial charge in [0.15, 0.2) is 0 Å². The van der Waals surface area contributed by atoms with E-state index in [1.807, 2.05) is 11.0 Å². The Labute approximate surface area is 102 Å². The molecule has 2 heterocycles. The zero-order chi connectivity index (χ0) is 11.6. The van der Waals surface area contributed by atoms with E-state index in [1.54, 1.807) is 6.33 Å². The number of nitrogens with zero attached hydrogens (tertiary/aromatic N) is 4. The maximum atomic E-state index is 4.28. The van der Waals surface area contributed by atoms with Crippen LogP contribution in [0.3, 0.4) is 0 Å². The van der Waals surface area contributed by atoms with Gasteiger partial charge in [-0.1, -0.05) is 12.8 Å². The molecule has 0 radical (unpaired) electrons. The molecule has 94 valence electrons. The largest absolute Gasteiger partial charge is 0.314 e. The van der Waals surface area contributed by atoms with Crippen LogP contribution in [-0.4, -0.2) is 51.4 Å². The summed E-state index contributed by atoms with van der Waals surface area (Å²) in [5.74, 6) is 0. The van der Waals surface area contributed by atoms with Crippen LogP contribution in [0, 0.1) is 0 Å². The second-order valence-electron chi connectivity index (χ2n) is 5.26. The third-order valence-electron chi connectivity index (χ3n) is 4.24. The van der Waals surface area contributed by atoms with Crippen molar-refractivity contribution in [2.75, 3.05) is 26.2 Å². The van der Waals surface area contributed by atoms with E-state index in [2.05, 4.69) is 20.3 Å². The van der Waals surface area contributed by atoms with E-state index in [1.165, 1.54) is 38.8 Å². The number of hydrogen-bond acceptors (Lipinski definition) is 4. The molecule has 0 bridgehead atoms. The average Bonchev–Trinajstić information content (AvgIpc) is 3.03. The lowest BCUT2D eigenvalue weighted by Crippen LogP contribution is -2.56. The number of piperazine rings is 1. The standard InChI is InChI=1S/C12H21N5/c1-2-4-12(3-1,9-17-11-14-10-15-17)16-7-5-13-6-8-16/h10-11,13H,1-9H2. The maximum Gasteiger partial charge on any atom is 0.137 e. The van der Waals surface area contributed by atoms with E-state index in [-0.39, 0.29) is 0 Å². The molecule has 0 unspecified atom stereocenters. The summed E-state index contributed by atoms with van der Waals surface area (Å²) in [4.78, 5) is 6.74. The van der Waals surface area contributed by atoms with Crippen molar-refractivity contribution in [1.82, 2.24) is 25.0 Å². The fraction of sp³-hybridized carbons (Fsp3) is 0.833. The topological polar surface area (TPSA) is 46.0 Å². The normalized spacial score (nSPS) is 25.2. The summed E-state index contributed by atoms with van der Waals surface area (Å²) >= 11 is 0. The average molecular weight is 235 g/mol. The highest BCUT2D eigenvalue weighted by Crippen LogP contribution is 2.36. The lowest BCUT2D eigenvalue weighted by atomic mass is 9.94. The Balaban J connectivity index is 1.77. The van der Waals surface area contributed by atoms with Gasteiger partial charge in [0.05, 0.1) is 6.54 Å². The van der Waals surface area contributed by atoms with Gasteiger partial charge in [0, 0.05) is 31.7 Å². The highest BCUT2D eigenvalue weighted by atomic mass is 15.4. The third kappa shape index (κ3) is 2.21. The second-order valence-corrected chi connectivity index (χ2v) is 5.26. The Hall–Kier alpha value is -0.940. The summed E-state index contributed by atoms with van der Waals surface area (Å²) in [5.41, 5.74) is 0.343. The van der Waals surface area contributed by atoms with Gasteiger partial charge >= 0.3 is 0 Å². The predicted molar refractivity (Wildman–Crippen MR) is 65.7 cm³/mol. The number of aromatic nitrogens is 3. The summed E-state index contributed by atoms with van der Waals surface area (Å²) in [5, 5.41) is 7.72. The number of hydrogen-bond donors (Lipinski definition) is 1. The van der Waals surface area contributed by atoms with Gasteiger partial charge in [0.25, 0.3) is 0 Å². The number of rotatable bonds is 3. The first-order valence-corrected chi connectivity index (χ1v) is 6.67. The van der Waals surface area contributed by atoms with Crippen LogP contribution in [0.2, 0.25) is 0 Å². The quantitative estimate of drug-likeness (QED) is 0.828. The first kappa shape index (κ1) is 11.2. The SMILES string of the molecule is c1ncn(CC2(N3CCNCC3)CCCC2)n1. The molecule has 5 nitrogen and oxygen atoms in total. The van der Waals surface area contributed by atoms with Crippen LogP contribution < -0.4 is 5.32 Å². The van der Waals surface area contributed by atoms with Gasteiger partial charge < -0.3 is 5.32 Å². The van der Waals surface area contributed by atoms with Crippen molar-refractivity contribution >= 4 is 0 Å². The Morgan fingerprint density at radius 2 is 1.94 bits per heavy atom. The van der Waals surface area contributed by atoms with Gasteiger partial charge in [-0.15, -0.1) is 0 Å². The van der Waals surface area contributed by atoms with E-state index in [9.17, 15) is 0 Å². The first-order valence-electron chi connectivity index (χ1n) is 6.67. The highest BCUT2D eigenvalue weighted by Gasteiger charge is 2.40. The molecule has 1 aromatic heterocycles. The van der Waals surface area contributed by atoms with Crippen LogP contribution in [0.1, 0.15) is 25.7 Å². The summed E-state index contributed by atoms with van der Waals surface area (Å²) in [6, 6.07) is 0. The van der Waals surface area contributed by atoms with E-state index in [0.717, 1.165) is 19.6 Å². The molecule has 1 saturated heterocycles. The molecule has 2 aliphatic rings. The van der Waals surface area contributed by atoms with Crippen LogP contribution in [0.5, 0.6) is 0 Å². The summed E-state index contributed by atoms with van der Waals surface area (Å²) in [7, 11) is 0. The van der Waals surface area contributed by atoms with Crippen LogP contribution in [0.15, 0.2) is 12.7 Å². The molecular weight excluding hydrogens is 214 g/mol. The fourth-order valence-electron chi connectivity index (χ4n) is 3.36. The van der Waals surface area contributed by atoms with E-state index >= 15 is 0 Å².